The number of fused-ring (bicyclic) bond motifs is 1. The van der Waals surface area contributed by atoms with Gasteiger partial charge in [-0.2, -0.15) is 0 Å². The van der Waals surface area contributed by atoms with Crippen LogP contribution < -0.4 is 4.90 Å². The van der Waals surface area contributed by atoms with Crippen molar-refractivity contribution in [1.82, 2.24) is 4.90 Å². The van der Waals surface area contributed by atoms with Crippen LogP contribution in [0.15, 0.2) is 30.9 Å². The fourth-order valence-electron chi connectivity index (χ4n) is 6.40. The minimum absolute atomic E-state index is 0.169. The van der Waals surface area contributed by atoms with Crippen LogP contribution in [-0.2, 0) is 14.4 Å². The highest BCUT2D eigenvalue weighted by molar-refractivity contribution is 8.02. The fraction of sp³-hybridized carbons (Fsp3) is 0.577. The van der Waals surface area contributed by atoms with E-state index in [1.807, 2.05) is 32.9 Å². The lowest BCUT2D eigenvalue weighted by Crippen LogP contribution is -2.58. The van der Waals surface area contributed by atoms with Crippen molar-refractivity contribution >= 4 is 46.8 Å². The smallest absolute Gasteiger partial charge is 0.308 e. The highest BCUT2D eigenvalue weighted by Crippen LogP contribution is 2.67. The van der Waals surface area contributed by atoms with E-state index >= 15 is 0 Å². The molecule has 190 valence electrons. The van der Waals surface area contributed by atoms with E-state index < -0.39 is 34.6 Å². The molecule has 0 radical (unpaired) electrons. The van der Waals surface area contributed by atoms with Crippen LogP contribution in [0, 0.1) is 24.7 Å². The fourth-order valence-corrected chi connectivity index (χ4v) is 8.91. The van der Waals surface area contributed by atoms with Gasteiger partial charge in [0.2, 0.25) is 5.91 Å². The molecule has 1 aromatic carbocycles. The molecule has 1 spiro atoms. The maximum atomic E-state index is 14.5. The summed E-state index contributed by atoms with van der Waals surface area (Å²) >= 11 is 8.04. The molecule has 4 rings (SSSR count). The van der Waals surface area contributed by atoms with Gasteiger partial charge in [0.05, 0.1) is 39.9 Å². The van der Waals surface area contributed by atoms with Crippen molar-refractivity contribution in [2.75, 3.05) is 18.1 Å². The molecule has 2 unspecified atom stereocenters. The standard InChI is InChI=1S/C26H33ClN2O5S/c1-5-11-28(21-15(4)7-6-8-17(21)27)24(32)22-26-10-9-18(35-26)19(25(33)34)20(26)23(31)29(22)16(13-30)12-14(2)3/h5-8,14,16,18-20,22,30H,1,9-13H2,2-4H3,(H,33,34)/t16-,18-,19+,20+,22?,26?/m1/s1. The van der Waals surface area contributed by atoms with Gasteiger partial charge in [0.25, 0.3) is 5.91 Å². The summed E-state index contributed by atoms with van der Waals surface area (Å²) in [5.41, 5.74) is 1.37. The van der Waals surface area contributed by atoms with E-state index in [1.54, 1.807) is 17.0 Å². The molecule has 2 N–H and O–H groups in total. The Morgan fingerprint density at radius 3 is 2.69 bits per heavy atom. The number of hydrogen-bond donors (Lipinski definition) is 2. The lowest BCUT2D eigenvalue weighted by atomic mass is 9.71. The van der Waals surface area contributed by atoms with Crippen molar-refractivity contribution in [1.29, 1.82) is 0 Å². The van der Waals surface area contributed by atoms with Crippen LogP contribution in [0.25, 0.3) is 0 Å². The Morgan fingerprint density at radius 1 is 1.40 bits per heavy atom. The van der Waals surface area contributed by atoms with Crippen molar-refractivity contribution < 1.29 is 24.6 Å². The van der Waals surface area contributed by atoms with Crippen molar-refractivity contribution in [3.63, 3.8) is 0 Å². The first-order valence-electron chi connectivity index (χ1n) is 12.1. The summed E-state index contributed by atoms with van der Waals surface area (Å²) in [6.45, 7) is 9.58. The van der Waals surface area contributed by atoms with Crippen LogP contribution in [0.1, 0.15) is 38.7 Å². The molecular weight excluding hydrogens is 488 g/mol. The number of carboxylic acid groups (broad SMARTS) is 1. The van der Waals surface area contributed by atoms with Crippen LogP contribution in [0.5, 0.6) is 0 Å². The lowest BCUT2D eigenvalue weighted by Gasteiger charge is -2.40. The zero-order valence-electron chi connectivity index (χ0n) is 20.3. The SMILES string of the molecule is C=CCN(C(=O)C1N([C@@H](CO)CC(C)C)C(=O)[C@@H]2[C@@H](C(=O)O)[C@H]3CCC12S3)c1c(C)cccc1Cl. The first-order chi connectivity index (χ1) is 16.6. The maximum Gasteiger partial charge on any atom is 0.308 e. The minimum atomic E-state index is -0.996. The van der Waals surface area contributed by atoms with Gasteiger partial charge in [-0.15, -0.1) is 18.3 Å². The Hall–Kier alpha value is -2.03. The molecule has 3 aliphatic rings. The Morgan fingerprint density at radius 2 is 2.11 bits per heavy atom. The number of amides is 2. The number of anilines is 1. The van der Waals surface area contributed by atoms with E-state index in [9.17, 15) is 24.6 Å². The number of para-hydroxylation sites is 1. The summed E-state index contributed by atoms with van der Waals surface area (Å²) < 4.78 is -0.846. The predicted octanol–water partition coefficient (Wildman–Crippen LogP) is 3.75. The number of likely N-dealkylation sites (tertiary alicyclic amines) is 1. The van der Waals surface area contributed by atoms with Crippen molar-refractivity contribution in [3.05, 3.63) is 41.4 Å². The maximum absolute atomic E-state index is 14.5. The number of aliphatic hydroxyl groups excluding tert-OH is 1. The molecule has 0 saturated carbocycles. The first kappa shape index (κ1) is 26.0. The average Bonchev–Trinajstić information content (AvgIpc) is 3.43. The van der Waals surface area contributed by atoms with Gasteiger partial charge in [0.15, 0.2) is 0 Å². The predicted molar refractivity (Wildman–Crippen MR) is 138 cm³/mol. The summed E-state index contributed by atoms with van der Waals surface area (Å²) in [6.07, 6.45) is 3.35. The second-order valence-corrected chi connectivity index (χ2v) is 12.3. The summed E-state index contributed by atoms with van der Waals surface area (Å²) in [4.78, 5) is 43.8. The third-order valence-corrected chi connectivity index (χ3v) is 9.90. The molecule has 1 aromatic rings. The van der Waals surface area contributed by atoms with Crippen LogP contribution in [0.4, 0.5) is 5.69 Å². The zero-order chi connectivity index (χ0) is 25.7. The summed E-state index contributed by atoms with van der Waals surface area (Å²) in [6, 6.07) is 3.93. The zero-order valence-corrected chi connectivity index (χ0v) is 21.9. The highest BCUT2D eigenvalue weighted by atomic mass is 35.5. The second kappa shape index (κ2) is 9.79. The topological polar surface area (TPSA) is 98.2 Å². The number of hydrogen-bond acceptors (Lipinski definition) is 5. The number of aliphatic carboxylic acids is 1. The molecule has 0 aliphatic carbocycles. The van der Waals surface area contributed by atoms with Gasteiger partial charge >= 0.3 is 5.97 Å². The number of halogens is 1. The van der Waals surface area contributed by atoms with Gasteiger partial charge in [-0.3, -0.25) is 14.4 Å². The Bertz CT molecular complexity index is 1030. The van der Waals surface area contributed by atoms with Gasteiger partial charge in [-0.1, -0.05) is 43.7 Å². The molecule has 7 nitrogen and oxygen atoms in total. The van der Waals surface area contributed by atoms with E-state index in [-0.39, 0.29) is 36.1 Å². The van der Waals surface area contributed by atoms with Crippen LogP contribution in [0.3, 0.4) is 0 Å². The summed E-state index contributed by atoms with van der Waals surface area (Å²) in [5, 5.41) is 20.6. The van der Waals surface area contributed by atoms with Crippen molar-refractivity contribution in [3.8, 4) is 0 Å². The van der Waals surface area contributed by atoms with Gasteiger partial charge < -0.3 is 20.0 Å². The Labute approximate surface area is 215 Å². The summed E-state index contributed by atoms with van der Waals surface area (Å²) in [7, 11) is 0. The van der Waals surface area contributed by atoms with Gasteiger partial charge in [-0.05, 0) is 43.7 Å². The van der Waals surface area contributed by atoms with Gasteiger partial charge in [-0.25, -0.2) is 0 Å². The monoisotopic (exact) mass is 520 g/mol. The Kier molecular flexibility index (Phi) is 7.28. The van der Waals surface area contributed by atoms with E-state index in [4.69, 9.17) is 11.6 Å². The van der Waals surface area contributed by atoms with E-state index in [2.05, 4.69) is 6.58 Å². The third-order valence-electron chi connectivity index (χ3n) is 7.64. The molecule has 9 heteroatoms. The molecule has 35 heavy (non-hydrogen) atoms. The average molecular weight is 521 g/mol. The van der Waals surface area contributed by atoms with Crippen molar-refractivity contribution in [2.45, 2.75) is 62.1 Å². The van der Waals surface area contributed by atoms with Gasteiger partial charge in [0.1, 0.15) is 6.04 Å². The highest BCUT2D eigenvalue weighted by Gasteiger charge is 2.74. The minimum Gasteiger partial charge on any atom is -0.481 e. The van der Waals surface area contributed by atoms with Gasteiger partial charge in [0, 0.05) is 11.8 Å². The molecule has 2 bridgehead atoms. The number of benzene rings is 1. The van der Waals surface area contributed by atoms with E-state index in [1.165, 1.54) is 16.7 Å². The molecule has 3 saturated heterocycles. The molecule has 3 heterocycles. The van der Waals surface area contributed by atoms with E-state index in [0.717, 1.165) is 5.56 Å². The van der Waals surface area contributed by atoms with E-state index in [0.29, 0.717) is 30.0 Å². The molecule has 3 aliphatic heterocycles. The third kappa shape index (κ3) is 4.07. The summed E-state index contributed by atoms with van der Waals surface area (Å²) in [5.74, 6) is -3.10. The molecule has 0 aromatic heterocycles. The lowest BCUT2D eigenvalue weighted by molar-refractivity contribution is -0.149. The quantitative estimate of drug-likeness (QED) is 0.481. The Balaban J connectivity index is 1.87. The van der Waals surface area contributed by atoms with Crippen molar-refractivity contribution in [2.24, 2.45) is 17.8 Å². The number of aryl methyl sites for hydroxylation is 1. The number of rotatable bonds is 9. The number of aliphatic hydroxyl groups is 1. The molecule has 3 fully saturated rings. The normalized spacial score (nSPS) is 30.0. The molecular formula is C26H33ClN2O5S. The van der Waals surface area contributed by atoms with Crippen LogP contribution in [0.2, 0.25) is 5.02 Å². The number of carboxylic acids is 1. The largest absolute Gasteiger partial charge is 0.481 e. The molecule has 6 atom stereocenters. The van der Waals surface area contributed by atoms with Crippen LogP contribution >= 0.6 is 23.4 Å². The number of thioether (sulfide) groups is 1. The molecule has 2 amide bonds. The number of carbonyl (C=O) groups is 3. The van der Waals surface area contributed by atoms with Crippen LogP contribution in [-0.4, -0.2) is 68.1 Å². The first-order valence-corrected chi connectivity index (χ1v) is 13.4. The number of nitrogens with zero attached hydrogens (tertiary/aromatic N) is 2. The number of carbonyl (C=O) groups excluding carboxylic acids is 2. The second-order valence-electron chi connectivity index (χ2n) is 10.2.